The molecule has 0 saturated heterocycles. The normalized spacial score (nSPS) is 11.3. The van der Waals surface area contributed by atoms with Crippen molar-refractivity contribution in [3.05, 3.63) is 47.0 Å². The number of alkyl carbamates (subject to hydrolysis) is 2. The van der Waals surface area contributed by atoms with E-state index in [1.807, 2.05) is 20.8 Å². The topological polar surface area (TPSA) is 306 Å². The maximum Gasteiger partial charge on any atom is 0.407 e. The summed E-state index contributed by atoms with van der Waals surface area (Å²) in [6.07, 6.45) is -0.928. The van der Waals surface area contributed by atoms with Crippen molar-refractivity contribution in [1.29, 1.82) is 0 Å². The predicted octanol–water partition coefficient (Wildman–Crippen LogP) is 3.47. The summed E-state index contributed by atoms with van der Waals surface area (Å²) >= 11 is 0. The number of ether oxygens (including phenoxy) is 16. The van der Waals surface area contributed by atoms with E-state index in [2.05, 4.69) is 20.6 Å². The van der Waals surface area contributed by atoms with E-state index < -0.39 is 35.3 Å². The number of aromatic nitrogens is 2. The summed E-state index contributed by atoms with van der Waals surface area (Å²) in [4.78, 5) is 55.1. The minimum absolute atomic E-state index is 0.0453. The zero-order chi connectivity index (χ0) is 57.5. The molecule has 2 rings (SSSR count). The molecule has 0 atom stereocenters. The van der Waals surface area contributed by atoms with Crippen molar-refractivity contribution in [2.45, 2.75) is 79.8 Å². The quantitative estimate of drug-likeness (QED) is 0.0419. The molecule has 0 spiro atoms. The minimum atomic E-state index is -0.661. The summed E-state index contributed by atoms with van der Waals surface area (Å²) in [6.45, 7) is 23.6. The fourth-order valence-corrected chi connectivity index (χ4v) is 5.55. The molecule has 4 N–H and O–H groups in total. The molecule has 0 radical (unpaired) electrons. The smallest absolute Gasteiger partial charge is 0.407 e. The van der Waals surface area contributed by atoms with Crippen LogP contribution in [0.3, 0.4) is 0 Å². The van der Waals surface area contributed by atoms with Crippen molar-refractivity contribution in [2.24, 2.45) is 0 Å². The van der Waals surface area contributed by atoms with Gasteiger partial charge >= 0.3 is 24.1 Å². The van der Waals surface area contributed by atoms with Gasteiger partial charge in [0.05, 0.1) is 170 Å². The van der Waals surface area contributed by atoms with Crippen LogP contribution < -0.4 is 20.1 Å². The number of pyridine rings is 2. The highest BCUT2D eigenvalue weighted by Crippen LogP contribution is 2.17. The van der Waals surface area contributed by atoms with E-state index in [4.69, 9.17) is 75.8 Å². The molecule has 0 aliphatic rings. The van der Waals surface area contributed by atoms with Crippen LogP contribution in [0.4, 0.5) is 9.59 Å². The second-order valence-corrected chi connectivity index (χ2v) is 17.8. The first-order valence-electron chi connectivity index (χ1n) is 26.0. The number of nitrogens with one attached hydrogen (secondary N) is 2. The molecule has 0 aromatic carbocycles. The zero-order valence-corrected chi connectivity index (χ0v) is 47.1. The Bertz CT molecular complexity index is 1810. The fourth-order valence-electron chi connectivity index (χ4n) is 5.55. The maximum absolute atomic E-state index is 12.1. The third-order valence-electron chi connectivity index (χ3n) is 8.80. The van der Waals surface area contributed by atoms with Crippen LogP contribution in [0.15, 0.2) is 24.3 Å². The van der Waals surface area contributed by atoms with Gasteiger partial charge < -0.3 is 96.6 Å². The van der Waals surface area contributed by atoms with Crippen molar-refractivity contribution >= 4 is 24.1 Å². The van der Waals surface area contributed by atoms with Crippen molar-refractivity contribution in [2.75, 3.05) is 172 Å². The molecule has 2 aromatic rings. The number of rotatable bonds is 44. The Labute approximate surface area is 458 Å². The third kappa shape index (κ3) is 41.9. The molecule has 2 amide bonds. The number of aliphatic hydroxyl groups is 2. The molecular weight excluding hydrogens is 1030 g/mol. The number of aliphatic hydroxyl groups excluding tert-OH is 2. The lowest BCUT2D eigenvalue weighted by Gasteiger charge is -2.19. The van der Waals surface area contributed by atoms with E-state index in [-0.39, 0.29) is 56.8 Å². The Kier molecular flexibility index (Phi) is 41.6. The lowest BCUT2D eigenvalue weighted by molar-refractivity contribution is -0.0126. The third-order valence-corrected chi connectivity index (χ3v) is 8.80. The van der Waals surface area contributed by atoms with Crippen LogP contribution in [0, 0.1) is 0 Å². The molecule has 2 aromatic heterocycles. The molecule has 78 heavy (non-hydrogen) atoms. The van der Waals surface area contributed by atoms with E-state index in [1.54, 1.807) is 46.8 Å². The van der Waals surface area contributed by atoms with Gasteiger partial charge in [-0.15, -0.1) is 0 Å². The van der Waals surface area contributed by atoms with Crippen LogP contribution in [0.2, 0.25) is 0 Å². The first-order chi connectivity index (χ1) is 37.5. The van der Waals surface area contributed by atoms with Gasteiger partial charge in [-0.25, -0.2) is 24.2 Å². The van der Waals surface area contributed by atoms with Gasteiger partial charge in [-0.05, 0) is 55.4 Å². The SMILES string of the molecule is CC(C)(C)OC(=O)NCCOCCOCCOCCOCCOCCOc1cc(CO)nc(CO)c1.CCOC(=O)c1cc(OCCOCCOCCOCCOCCOCCNC(=O)OC(C)(C)C)cc(C(=O)OCC)n1. The highest BCUT2D eigenvalue weighted by atomic mass is 16.6. The molecular formula is C52H88N4O22. The van der Waals surface area contributed by atoms with Crippen LogP contribution in [0.1, 0.15) is 87.8 Å². The number of nitrogens with zero attached hydrogens (tertiary/aromatic N) is 2. The fraction of sp³-hybridized carbons (Fsp3) is 0.731. The summed E-state index contributed by atoms with van der Waals surface area (Å²) in [5.74, 6) is -0.520. The van der Waals surface area contributed by atoms with Gasteiger partial charge in [-0.2, -0.15) is 0 Å². The van der Waals surface area contributed by atoms with Gasteiger partial charge in [0.1, 0.15) is 35.9 Å². The van der Waals surface area contributed by atoms with E-state index in [0.29, 0.717) is 162 Å². The second kappa shape index (κ2) is 45.7. The highest BCUT2D eigenvalue weighted by molar-refractivity contribution is 5.92. The number of amides is 2. The van der Waals surface area contributed by atoms with Gasteiger partial charge in [-0.1, -0.05) is 0 Å². The zero-order valence-electron chi connectivity index (χ0n) is 47.1. The molecule has 26 heteroatoms. The average molecular weight is 1120 g/mol. The van der Waals surface area contributed by atoms with Crippen LogP contribution in [-0.4, -0.2) is 227 Å². The Morgan fingerprint density at radius 3 is 0.949 bits per heavy atom. The number of carbonyl (C=O) groups excluding carboxylic acids is 4. The largest absolute Gasteiger partial charge is 0.491 e. The molecule has 0 aliphatic heterocycles. The highest BCUT2D eigenvalue weighted by Gasteiger charge is 2.19. The first kappa shape index (κ1) is 70.9. The lowest BCUT2D eigenvalue weighted by Crippen LogP contribution is -2.34. The van der Waals surface area contributed by atoms with Gasteiger partial charge in [-0.3, -0.25) is 4.98 Å². The number of carbonyl (C=O) groups is 4. The summed E-state index contributed by atoms with van der Waals surface area (Å²) in [7, 11) is 0. The monoisotopic (exact) mass is 1120 g/mol. The number of esters is 2. The average Bonchev–Trinajstić information content (AvgIpc) is 3.39. The predicted molar refractivity (Wildman–Crippen MR) is 280 cm³/mol. The van der Waals surface area contributed by atoms with E-state index in [9.17, 15) is 29.4 Å². The van der Waals surface area contributed by atoms with Crippen molar-refractivity contribution in [1.82, 2.24) is 20.6 Å². The van der Waals surface area contributed by atoms with Gasteiger partial charge in [0, 0.05) is 37.4 Å². The molecule has 2 heterocycles. The van der Waals surface area contributed by atoms with Crippen LogP contribution in [0.5, 0.6) is 11.5 Å². The van der Waals surface area contributed by atoms with Crippen molar-refractivity contribution in [3.8, 4) is 11.5 Å². The lowest BCUT2D eigenvalue weighted by atomic mass is 10.2. The number of hydrogen-bond acceptors (Lipinski definition) is 24. The molecule has 0 saturated carbocycles. The Morgan fingerprint density at radius 1 is 0.410 bits per heavy atom. The molecule has 0 fully saturated rings. The summed E-state index contributed by atoms with van der Waals surface area (Å²) in [5.41, 5.74) is -0.251. The van der Waals surface area contributed by atoms with Crippen LogP contribution in [0.25, 0.3) is 0 Å². The van der Waals surface area contributed by atoms with Crippen molar-refractivity contribution in [3.63, 3.8) is 0 Å². The van der Waals surface area contributed by atoms with Crippen LogP contribution >= 0.6 is 0 Å². The molecule has 0 aliphatic carbocycles. The van der Waals surface area contributed by atoms with Crippen molar-refractivity contribution < 1.29 is 105 Å². The van der Waals surface area contributed by atoms with E-state index in [0.717, 1.165) is 0 Å². The Balaban J connectivity index is 0.000000789. The van der Waals surface area contributed by atoms with Gasteiger partial charge in [0.2, 0.25) is 0 Å². The van der Waals surface area contributed by atoms with E-state index >= 15 is 0 Å². The molecule has 26 nitrogen and oxygen atoms in total. The number of hydrogen-bond donors (Lipinski definition) is 4. The van der Waals surface area contributed by atoms with Crippen LogP contribution in [-0.2, 0) is 79.5 Å². The summed E-state index contributed by atoms with van der Waals surface area (Å²) in [5, 5.41) is 23.6. The molecule has 448 valence electrons. The minimum Gasteiger partial charge on any atom is -0.491 e. The Morgan fingerprint density at radius 2 is 0.679 bits per heavy atom. The maximum atomic E-state index is 12.1. The first-order valence-corrected chi connectivity index (χ1v) is 26.0. The summed E-state index contributed by atoms with van der Waals surface area (Å²) < 4.78 is 85.5. The van der Waals surface area contributed by atoms with E-state index in [1.165, 1.54) is 12.1 Å². The molecule has 0 unspecified atom stereocenters. The van der Waals surface area contributed by atoms with Gasteiger partial charge in [0.15, 0.2) is 11.4 Å². The Hall–Kier alpha value is -5.10. The van der Waals surface area contributed by atoms with Gasteiger partial charge in [0.25, 0.3) is 0 Å². The standard InChI is InChI=1S/C28H46N2O12.C24H42N2O10/c1-6-39-25(31)23-20-22(21-24(30-23)26(32)40-7-2)41-19-18-38-17-16-37-15-14-36-13-12-35-11-10-34-9-8-29-27(33)42-28(3,4)5;1-24(2,3)36-23(29)25-4-5-30-6-7-31-8-9-32-10-11-33-12-13-34-14-15-35-22-16-20(18-27)26-21(17-22)19-28/h20-21H,6-19H2,1-5H3,(H,29,33);16-17,27-28H,4-15,18-19H2,1-3H3,(H,25,29). The molecule has 0 bridgehead atoms. The summed E-state index contributed by atoms with van der Waals surface area (Å²) in [6, 6.07) is 6.04. The second-order valence-electron chi connectivity index (χ2n) is 17.8.